The quantitative estimate of drug-likeness (QED) is 0.640. The summed E-state index contributed by atoms with van der Waals surface area (Å²) in [5.74, 6) is -0.659. The van der Waals surface area contributed by atoms with Crippen molar-refractivity contribution in [1.82, 2.24) is 10.3 Å². The van der Waals surface area contributed by atoms with Crippen LogP contribution in [0.2, 0.25) is 0 Å². The van der Waals surface area contributed by atoms with Gasteiger partial charge in [-0.2, -0.15) is 0 Å². The Kier molecular flexibility index (Phi) is 5.25. The summed E-state index contributed by atoms with van der Waals surface area (Å²) in [6.45, 7) is 0.267. The lowest BCUT2D eigenvalue weighted by Crippen LogP contribution is -2.30. The number of benzene rings is 1. The first kappa shape index (κ1) is 17.8. The average Bonchev–Trinajstić information content (AvgIpc) is 3.31. The van der Waals surface area contributed by atoms with Gasteiger partial charge in [-0.05, 0) is 49.3 Å². The molecule has 5 nitrogen and oxygen atoms in total. The molecular weight excluding hydrogens is 360 g/mol. The molecule has 6 heteroatoms. The van der Waals surface area contributed by atoms with Gasteiger partial charge in [0.05, 0.1) is 5.56 Å². The lowest BCUT2D eigenvalue weighted by atomic mass is 9.96. The SMILES string of the molecule is O=C(COC(=O)c1csc2c1CCCC2)NCCc1c[nH]c2ccccc12. The van der Waals surface area contributed by atoms with Gasteiger partial charge in [-0.3, -0.25) is 4.79 Å². The van der Waals surface area contributed by atoms with Gasteiger partial charge in [0.25, 0.3) is 5.91 Å². The van der Waals surface area contributed by atoms with Gasteiger partial charge in [0.1, 0.15) is 0 Å². The topological polar surface area (TPSA) is 71.2 Å². The number of para-hydroxylation sites is 1. The third kappa shape index (κ3) is 3.90. The molecule has 0 saturated heterocycles. The largest absolute Gasteiger partial charge is 0.452 e. The van der Waals surface area contributed by atoms with E-state index < -0.39 is 0 Å². The zero-order valence-electron chi connectivity index (χ0n) is 15.0. The number of aryl methyl sites for hydroxylation is 1. The first-order valence-corrected chi connectivity index (χ1v) is 10.2. The highest BCUT2D eigenvalue weighted by atomic mass is 32.1. The zero-order valence-corrected chi connectivity index (χ0v) is 15.9. The molecule has 0 aliphatic heterocycles. The number of esters is 1. The maximum atomic E-state index is 12.3. The van der Waals surface area contributed by atoms with E-state index in [4.69, 9.17) is 4.74 Å². The van der Waals surface area contributed by atoms with Crippen molar-refractivity contribution in [3.63, 3.8) is 0 Å². The molecule has 4 rings (SSSR count). The number of thiophene rings is 1. The van der Waals surface area contributed by atoms with Crippen molar-refractivity contribution < 1.29 is 14.3 Å². The summed E-state index contributed by atoms with van der Waals surface area (Å²) < 4.78 is 5.22. The summed E-state index contributed by atoms with van der Waals surface area (Å²) in [7, 11) is 0. The van der Waals surface area contributed by atoms with Crippen molar-refractivity contribution in [2.24, 2.45) is 0 Å². The van der Waals surface area contributed by atoms with Gasteiger partial charge in [0, 0.05) is 33.9 Å². The van der Waals surface area contributed by atoms with Crippen molar-refractivity contribution in [3.8, 4) is 0 Å². The van der Waals surface area contributed by atoms with Gasteiger partial charge in [0.15, 0.2) is 6.61 Å². The van der Waals surface area contributed by atoms with E-state index in [1.165, 1.54) is 16.7 Å². The molecule has 0 atom stereocenters. The van der Waals surface area contributed by atoms with Crippen LogP contribution in [0.25, 0.3) is 10.9 Å². The fourth-order valence-corrected chi connectivity index (χ4v) is 4.72. The second-order valence-corrected chi connectivity index (χ2v) is 7.76. The summed E-state index contributed by atoms with van der Waals surface area (Å²) in [6, 6.07) is 8.08. The molecule has 1 aromatic carbocycles. The third-order valence-corrected chi connectivity index (χ3v) is 6.10. The highest BCUT2D eigenvalue weighted by Gasteiger charge is 2.21. The highest BCUT2D eigenvalue weighted by Crippen LogP contribution is 2.30. The van der Waals surface area contributed by atoms with Gasteiger partial charge in [-0.25, -0.2) is 4.79 Å². The molecule has 0 saturated carbocycles. The van der Waals surface area contributed by atoms with Crippen LogP contribution in [0, 0.1) is 0 Å². The number of carbonyl (C=O) groups is 2. The van der Waals surface area contributed by atoms with Crippen LogP contribution in [-0.4, -0.2) is 30.0 Å². The summed E-state index contributed by atoms with van der Waals surface area (Å²) in [5, 5.41) is 5.86. The summed E-state index contributed by atoms with van der Waals surface area (Å²) in [6.07, 6.45) is 6.96. The average molecular weight is 382 g/mol. The number of amides is 1. The van der Waals surface area contributed by atoms with Crippen molar-refractivity contribution in [3.05, 3.63) is 57.4 Å². The van der Waals surface area contributed by atoms with Crippen LogP contribution in [0.1, 0.15) is 39.2 Å². The number of fused-ring (bicyclic) bond motifs is 2. The van der Waals surface area contributed by atoms with E-state index in [1.807, 2.05) is 29.8 Å². The molecule has 1 aliphatic rings. The number of ether oxygens (including phenoxy) is 1. The van der Waals surface area contributed by atoms with Gasteiger partial charge < -0.3 is 15.0 Å². The predicted octanol–water partition coefficient (Wildman–Crippen LogP) is 3.62. The number of H-pyrrole nitrogens is 1. The normalized spacial score (nSPS) is 13.3. The van der Waals surface area contributed by atoms with Gasteiger partial charge in [-0.15, -0.1) is 11.3 Å². The Hall–Kier alpha value is -2.60. The molecule has 27 heavy (non-hydrogen) atoms. The van der Waals surface area contributed by atoms with Gasteiger partial charge in [0.2, 0.25) is 0 Å². The summed E-state index contributed by atoms with van der Waals surface area (Å²) in [5.41, 5.74) is 4.01. The van der Waals surface area contributed by atoms with Crippen molar-refractivity contribution >= 4 is 34.1 Å². The van der Waals surface area contributed by atoms with Crippen LogP contribution in [0.15, 0.2) is 35.8 Å². The van der Waals surface area contributed by atoms with Crippen LogP contribution in [0.3, 0.4) is 0 Å². The summed E-state index contributed by atoms with van der Waals surface area (Å²) >= 11 is 1.62. The number of hydrogen-bond acceptors (Lipinski definition) is 4. The van der Waals surface area contributed by atoms with E-state index in [9.17, 15) is 9.59 Å². The van der Waals surface area contributed by atoms with E-state index in [2.05, 4.69) is 16.4 Å². The molecule has 0 spiro atoms. The minimum absolute atomic E-state index is 0.239. The maximum absolute atomic E-state index is 12.3. The standard InChI is InChI=1S/C21H22N2O3S/c24-20(22-10-9-14-11-23-18-7-3-1-5-15(14)18)12-26-21(25)17-13-27-19-8-4-2-6-16(17)19/h1,3,5,7,11,13,23H,2,4,6,8-10,12H2,(H,22,24). The molecule has 1 aliphatic carbocycles. The van der Waals surface area contributed by atoms with Crippen LogP contribution < -0.4 is 5.32 Å². The highest BCUT2D eigenvalue weighted by molar-refractivity contribution is 7.10. The molecule has 2 heterocycles. The van der Waals surface area contributed by atoms with E-state index >= 15 is 0 Å². The van der Waals surface area contributed by atoms with E-state index in [0.29, 0.717) is 12.1 Å². The number of hydrogen-bond donors (Lipinski definition) is 2. The van der Waals surface area contributed by atoms with Gasteiger partial charge in [-0.1, -0.05) is 18.2 Å². The Morgan fingerprint density at radius 1 is 1.19 bits per heavy atom. The molecule has 0 fully saturated rings. The van der Waals surface area contributed by atoms with Crippen LogP contribution in [0.5, 0.6) is 0 Å². The van der Waals surface area contributed by atoms with Crippen molar-refractivity contribution in [2.45, 2.75) is 32.1 Å². The maximum Gasteiger partial charge on any atom is 0.339 e. The number of aromatic nitrogens is 1. The Balaban J connectivity index is 1.25. The van der Waals surface area contributed by atoms with E-state index in [-0.39, 0.29) is 18.5 Å². The molecular formula is C21H22N2O3S. The Bertz CT molecular complexity index is 973. The second kappa shape index (κ2) is 7.96. The molecule has 0 bridgehead atoms. The van der Waals surface area contributed by atoms with Crippen LogP contribution in [-0.2, 0) is 28.8 Å². The fourth-order valence-electron chi connectivity index (χ4n) is 3.60. The fraction of sp³-hybridized carbons (Fsp3) is 0.333. The minimum atomic E-state index is -0.388. The molecule has 2 aromatic heterocycles. The Morgan fingerprint density at radius 2 is 2.04 bits per heavy atom. The van der Waals surface area contributed by atoms with Gasteiger partial charge >= 0.3 is 5.97 Å². The summed E-state index contributed by atoms with van der Waals surface area (Å²) in [4.78, 5) is 28.8. The predicted molar refractivity (Wildman–Crippen MR) is 106 cm³/mol. The zero-order chi connectivity index (χ0) is 18.6. The molecule has 140 valence electrons. The van der Waals surface area contributed by atoms with Crippen molar-refractivity contribution in [1.29, 1.82) is 0 Å². The smallest absolute Gasteiger partial charge is 0.339 e. The Labute approximate surface area is 161 Å². The van der Waals surface area contributed by atoms with Crippen molar-refractivity contribution in [2.75, 3.05) is 13.2 Å². The second-order valence-electron chi connectivity index (χ2n) is 6.79. The molecule has 2 N–H and O–H groups in total. The lowest BCUT2D eigenvalue weighted by Gasteiger charge is -2.12. The molecule has 0 radical (unpaired) electrons. The number of carbonyl (C=O) groups excluding carboxylic acids is 2. The van der Waals surface area contributed by atoms with Crippen LogP contribution in [0.4, 0.5) is 0 Å². The molecule has 3 aromatic rings. The first-order chi connectivity index (χ1) is 13.2. The monoisotopic (exact) mass is 382 g/mol. The number of rotatable bonds is 6. The third-order valence-electron chi connectivity index (χ3n) is 5.01. The first-order valence-electron chi connectivity index (χ1n) is 9.30. The molecule has 0 unspecified atom stereocenters. The number of nitrogens with one attached hydrogen (secondary N) is 2. The van der Waals surface area contributed by atoms with Crippen LogP contribution >= 0.6 is 11.3 Å². The molecule has 1 amide bonds. The Morgan fingerprint density at radius 3 is 2.96 bits per heavy atom. The van der Waals surface area contributed by atoms with E-state index in [0.717, 1.165) is 42.3 Å². The number of aromatic amines is 1. The van der Waals surface area contributed by atoms with E-state index in [1.54, 1.807) is 11.3 Å². The minimum Gasteiger partial charge on any atom is -0.452 e. The lowest BCUT2D eigenvalue weighted by molar-refractivity contribution is -0.124.